The van der Waals surface area contributed by atoms with Crippen LogP contribution in [0.1, 0.15) is 71.8 Å². The van der Waals surface area contributed by atoms with Crippen molar-refractivity contribution in [2.24, 2.45) is 0 Å². The predicted octanol–water partition coefficient (Wildman–Crippen LogP) is 6.92. The van der Waals surface area contributed by atoms with Gasteiger partial charge in [0, 0.05) is 23.8 Å². The van der Waals surface area contributed by atoms with Crippen molar-refractivity contribution in [2.45, 2.75) is 69.9 Å². The van der Waals surface area contributed by atoms with Crippen LogP contribution >= 0.6 is 0 Å². The van der Waals surface area contributed by atoms with Gasteiger partial charge in [-0.2, -0.15) is 0 Å². The number of amides is 1. The van der Waals surface area contributed by atoms with Gasteiger partial charge in [0.1, 0.15) is 5.82 Å². The molecule has 1 amide bonds. The number of anilines is 1. The molecule has 0 unspecified atom stereocenters. The first-order valence-electron chi connectivity index (χ1n) is 14.3. The van der Waals surface area contributed by atoms with E-state index in [9.17, 15) is 17.6 Å². The van der Waals surface area contributed by atoms with Crippen molar-refractivity contribution in [3.8, 4) is 0 Å². The summed E-state index contributed by atoms with van der Waals surface area (Å²) in [6.45, 7) is 6.01. The number of aromatic nitrogens is 1. The summed E-state index contributed by atoms with van der Waals surface area (Å²) in [5, 5.41) is 0. The molecular weight excluding hydrogens is 549 g/mol. The van der Waals surface area contributed by atoms with Crippen molar-refractivity contribution in [3.05, 3.63) is 124 Å². The smallest absolute Gasteiger partial charge is 0.241 e. The van der Waals surface area contributed by atoms with Gasteiger partial charge in [-0.05, 0) is 110 Å². The Morgan fingerprint density at radius 1 is 1.02 bits per heavy atom. The molecule has 1 aliphatic carbocycles. The van der Waals surface area contributed by atoms with Crippen LogP contribution in [0.2, 0.25) is 0 Å². The van der Waals surface area contributed by atoms with Crippen LogP contribution < -0.4 is 9.62 Å². The third-order valence-corrected chi connectivity index (χ3v) is 9.31. The van der Waals surface area contributed by atoms with Gasteiger partial charge < -0.3 is 4.90 Å². The van der Waals surface area contributed by atoms with E-state index in [1.165, 1.54) is 12.1 Å². The Balaban J connectivity index is 1.47. The molecule has 218 valence electrons. The standard InChI is InChI=1S/C34H36FN3O3S/c1-23-7-4-11-31(19-23)42(40,41)37-33-12-6-9-27-15-18-30(21-32(27)33)38(22-29-10-5-8-25(3)36-29)34(39)20-24(2)26-13-16-28(35)17-14-26/h4-5,7-8,10-11,13-19,21,24,33,37H,6,9,12,20,22H2,1-3H3/t24-,33-/m1/s1. The van der Waals surface area contributed by atoms with Crippen molar-refractivity contribution in [1.29, 1.82) is 0 Å². The van der Waals surface area contributed by atoms with E-state index in [2.05, 4.69) is 9.71 Å². The molecule has 0 spiro atoms. The molecule has 8 heteroatoms. The molecule has 0 saturated carbocycles. The monoisotopic (exact) mass is 585 g/mol. The van der Waals surface area contributed by atoms with Gasteiger partial charge in [0.05, 0.1) is 17.1 Å². The van der Waals surface area contributed by atoms with Crippen LogP contribution in [0.5, 0.6) is 0 Å². The highest BCUT2D eigenvalue weighted by molar-refractivity contribution is 7.89. The topological polar surface area (TPSA) is 79.4 Å². The molecule has 0 aliphatic heterocycles. The minimum Gasteiger partial charge on any atom is -0.306 e. The fourth-order valence-electron chi connectivity index (χ4n) is 5.57. The Bertz CT molecular complexity index is 1690. The highest BCUT2D eigenvalue weighted by atomic mass is 32.2. The maximum Gasteiger partial charge on any atom is 0.241 e. The van der Waals surface area contributed by atoms with Crippen LogP contribution in [-0.2, 0) is 27.8 Å². The van der Waals surface area contributed by atoms with Gasteiger partial charge in [0.15, 0.2) is 0 Å². The molecule has 1 aliphatic rings. The zero-order valence-corrected chi connectivity index (χ0v) is 25.0. The lowest BCUT2D eigenvalue weighted by molar-refractivity contribution is -0.119. The molecule has 42 heavy (non-hydrogen) atoms. The van der Waals surface area contributed by atoms with Crippen LogP contribution in [0.15, 0.2) is 89.8 Å². The molecule has 0 saturated heterocycles. The molecule has 0 bridgehead atoms. The lowest BCUT2D eigenvalue weighted by Crippen LogP contribution is -2.33. The number of nitrogens with one attached hydrogen (secondary N) is 1. The number of carbonyl (C=O) groups excluding carboxylic acids is 1. The summed E-state index contributed by atoms with van der Waals surface area (Å²) in [7, 11) is -3.74. The fraction of sp³-hybridized carbons (Fsp3) is 0.294. The zero-order chi connectivity index (χ0) is 29.9. The van der Waals surface area contributed by atoms with E-state index < -0.39 is 16.1 Å². The number of fused-ring (bicyclic) bond motifs is 1. The normalized spacial score (nSPS) is 15.6. The van der Waals surface area contributed by atoms with Gasteiger partial charge in [-0.15, -0.1) is 0 Å². The second-order valence-electron chi connectivity index (χ2n) is 11.2. The number of rotatable bonds is 9. The third kappa shape index (κ3) is 6.94. The number of hydrogen-bond donors (Lipinski definition) is 1. The highest BCUT2D eigenvalue weighted by Gasteiger charge is 2.28. The fourth-order valence-corrected chi connectivity index (χ4v) is 6.92. The summed E-state index contributed by atoms with van der Waals surface area (Å²) in [5.41, 5.74) is 6.02. The van der Waals surface area contributed by atoms with Gasteiger partial charge in [0.25, 0.3) is 0 Å². The lowest BCUT2D eigenvalue weighted by atomic mass is 9.87. The Kier molecular flexibility index (Phi) is 8.85. The molecule has 4 aromatic rings. The summed E-state index contributed by atoms with van der Waals surface area (Å²) in [6, 6.07) is 24.3. The van der Waals surface area contributed by atoms with E-state index in [1.807, 2.05) is 63.2 Å². The first kappa shape index (κ1) is 29.6. The maximum atomic E-state index is 13.9. The summed E-state index contributed by atoms with van der Waals surface area (Å²) < 4.78 is 43.1. The summed E-state index contributed by atoms with van der Waals surface area (Å²) in [5.74, 6) is -0.536. The Labute approximate surface area is 247 Å². The first-order valence-corrected chi connectivity index (χ1v) is 15.8. The number of sulfonamides is 1. The minimum atomic E-state index is -3.74. The number of nitrogens with zero attached hydrogens (tertiary/aromatic N) is 2. The molecule has 1 aromatic heterocycles. The quantitative estimate of drug-likeness (QED) is 0.231. The number of benzene rings is 3. The van der Waals surface area contributed by atoms with Crippen LogP contribution in [0.3, 0.4) is 0 Å². The SMILES string of the molecule is Cc1cccc(S(=O)(=O)N[C@@H]2CCCc3ccc(N(Cc4cccc(C)n4)C(=O)C[C@@H](C)c4ccc(F)cc4)cc32)c1. The number of aryl methyl sites for hydroxylation is 3. The number of hydrogen-bond acceptors (Lipinski definition) is 4. The van der Waals surface area contributed by atoms with E-state index in [-0.39, 0.29) is 35.5 Å². The van der Waals surface area contributed by atoms with Crippen LogP contribution in [-0.4, -0.2) is 19.3 Å². The number of pyridine rings is 1. The van der Waals surface area contributed by atoms with Crippen molar-refractivity contribution >= 4 is 21.6 Å². The van der Waals surface area contributed by atoms with E-state index in [4.69, 9.17) is 0 Å². The Morgan fingerprint density at radius 3 is 2.52 bits per heavy atom. The molecular formula is C34H36FN3O3S. The van der Waals surface area contributed by atoms with Crippen LogP contribution in [0.25, 0.3) is 0 Å². The van der Waals surface area contributed by atoms with E-state index in [0.717, 1.165) is 46.5 Å². The number of carbonyl (C=O) groups is 1. The van der Waals surface area contributed by atoms with Gasteiger partial charge in [-0.3, -0.25) is 9.78 Å². The average Bonchev–Trinajstić information content (AvgIpc) is 2.96. The van der Waals surface area contributed by atoms with E-state index in [1.54, 1.807) is 35.2 Å². The first-order chi connectivity index (χ1) is 20.1. The minimum absolute atomic E-state index is 0.0946. The molecule has 0 fully saturated rings. The van der Waals surface area contributed by atoms with E-state index >= 15 is 0 Å². The second-order valence-corrected chi connectivity index (χ2v) is 12.9. The van der Waals surface area contributed by atoms with Crippen molar-refractivity contribution in [3.63, 3.8) is 0 Å². The maximum absolute atomic E-state index is 13.9. The van der Waals surface area contributed by atoms with Crippen LogP contribution in [0, 0.1) is 19.7 Å². The van der Waals surface area contributed by atoms with Crippen molar-refractivity contribution < 1.29 is 17.6 Å². The molecule has 2 atom stereocenters. The summed E-state index contributed by atoms with van der Waals surface area (Å²) >= 11 is 0. The van der Waals surface area contributed by atoms with Crippen LogP contribution in [0.4, 0.5) is 10.1 Å². The molecule has 1 N–H and O–H groups in total. The van der Waals surface area contributed by atoms with Gasteiger partial charge >= 0.3 is 0 Å². The molecule has 5 rings (SSSR count). The van der Waals surface area contributed by atoms with Crippen molar-refractivity contribution in [1.82, 2.24) is 9.71 Å². The van der Waals surface area contributed by atoms with Gasteiger partial charge in [-0.1, -0.05) is 43.3 Å². The second kappa shape index (κ2) is 12.5. The van der Waals surface area contributed by atoms with Crippen molar-refractivity contribution in [2.75, 3.05) is 4.90 Å². The zero-order valence-electron chi connectivity index (χ0n) is 24.2. The van der Waals surface area contributed by atoms with Gasteiger partial charge in [0.2, 0.25) is 15.9 Å². The lowest BCUT2D eigenvalue weighted by Gasteiger charge is -2.30. The summed E-state index contributed by atoms with van der Waals surface area (Å²) in [4.78, 5) is 20.5. The van der Waals surface area contributed by atoms with E-state index in [0.29, 0.717) is 12.1 Å². The molecule has 3 aromatic carbocycles. The Morgan fingerprint density at radius 2 is 1.79 bits per heavy atom. The predicted molar refractivity (Wildman–Crippen MR) is 163 cm³/mol. The average molecular weight is 586 g/mol. The molecule has 1 heterocycles. The molecule has 6 nitrogen and oxygen atoms in total. The Hall–Kier alpha value is -3.88. The third-order valence-electron chi connectivity index (χ3n) is 7.84. The largest absolute Gasteiger partial charge is 0.306 e. The molecule has 0 radical (unpaired) electrons. The number of halogens is 1. The highest BCUT2D eigenvalue weighted by Crippen LogP contribution is 2.35. The summed E-state index contributed by atoms with van der Waals surface area (Å²) in [6.07, 6.45) is 2.58. The van der Waals surface area contributed by atoms with Gasteiger partial charge in [-0.25, -0.2) is 17.5 Å².